The van der Waals surface area contributed by atoms with Crippen molar-refractivity contribution in [1.82, 2.24) is 15.5 Å². The summed E-state index contributed by atoms with van der Waals surface area (Å²) in [6.07, 6.45) is 4.29. The number of rotatable bonds is 7. The zero-order chi connectivity index (χ0) is 22.5. The first-order chi connectivity index (χ1) is 15.5. The third-order valence-corrected chi connectivity index (χ3v) is 7.44. The summed E-state index contributed by atoms with van der Waals surface area (Å²) in [4.78, 5) is 14.9. The Bertz CT molecular complexity index is 953. The zero-order valence-corrected chi connectivity index (χ0v) is 21.0. The Balaban J connectivity index is 1.23. The van der Waals surface area contributed by atoms with Crippen molar-refractivity contribution in [3.8, 4) is 5.75 Å². The van der Waals surface area contributed by atoms with Gasteiger partial charge in [-0.25, -0.2) is 0 Å². The van der Waals surface area contributed by atoms with Crippen LogP contribution in [0.1, 0.15) is 35.2 Å². The minimum atomic E-state index is -0.108. The molecule has 8 heteroatoms. The van der Waals surface area contributed by atoms with E-state index >= 15 is 0 Å². The van der Waals surface area contributed by atoms with Gasteiger partial charge in [0, 0.05) is 31.2 Å². The molecule has 1 atom stereocenters. The van der Waals surface area contributed by atoms with Gasteiger partial charge in [0.1, 0.15) is 11.9 Å². The number of nitrogens with one attached hydrogen (secondary N) is 2. The van der Waals surface area contributed by atoms with Crippen LogP contribution in [0, 0.1) is 0 Å². The van der Waals surface area contributed by atoms with E-state index in [0.29, 0.717) is 21.7 Å². The maximum absolute atomic E-state index is 12.5. The Kier molecular flexibility index (Phi) is 8.35. The highest BCUT2D eigenvalue weighted by Gasteiger charge is 2.24. The summed E-state index contributed by atoms with van der Waals surface area (Å²) < 4.78 is 7.18. The molecular weight excluding hydrogens is 513 g/mol. The van der Waals surface area contributed by atoms with E-state index in [0.717, 1.165) is 68.6 Å². The molecule has 2 aliphatic rings. The summed E-state index contributed by atoms with van der Waals surface area (Å²) in [6.45, 7) is 4.83. The number of benzene rings is 2. The molecule has 0 aliphatic carbocycles. The van der Waals surface area contributed by atoms with Crippen LogP contribution in [0.3, 0.4) is 0 Å². The van der Waals surface area contributed by atoms with E-state index in [9.17, 15) is 4.79 Å². The second-order valence-corrected chi connectivity index (χ2v) is 10.1. The highest BCUT2D eigenvalue weighted by Crippen LogP contribution is 2.29. The molecule has 2 heterocycles. The van der Waals surface area contributed by atoms with Crippen LogP contribution >= 0.6 is 39.1 Å². The summed E-state index contributed by atoms with van der Waals surface area (Å²) in [6, 6.07) is 11.5. The van der Waals surface area contributed by atoms with Crippen molar-refractivity contribution in [1.29, 1.82) is 0 Å². The smallest absolute Gasteiger partial charge is 0.251 e. The van der Waals surface area contributed by atoms with E-state index in [-0.39, 0.29) is 11.9 Å². The lowest BCUT2D eigenvalue weighted by Gasteiger charge is -2.24. The van der Waals surface area contributed by atoms with Gasteiger partial charge in [0.2, 0.25) is 0 Å². The maximum atomic E-state index is 12.5. The fourth-order valence-corrected chi connectivity index (χ4v) is 5.05. The molecule has 4 rings (SSSR count). The molecular formula is C24H28BrCl2N3O2. The topological polar surface area (TPSA) is 53.6 Å². The summed E-state index contributed by atoms with van der Waals surface area (Å²) >= 11 is 15.6. The Morgan fingerprint density at radius 3 is 2.69 bits per heavy atom. The Hall–Kier alpha value is -1.31. The normalized spacial score (nSPS) is 19.8. The minimum Gasteiger partial charge on any atom is -0.489 e. The van der Waals surface area contributed by atoms with Crippen LogP contribution in [0.2, 0.25) is 10.0 Å². The molecule has 2 aromatic carbocycles. The molecule has 2 fully saturated rings. The lowest BCUT2D eigenvalue weighted by atomic mass is 10.1. The number of halogens is 3. The number of carbonyl (C=O) groups excluding carboxylic acids is 1. The van der Waals surface area contributed by atoms with E-state index in [4.69, 9.17) is 27.9 Å². The highest BCUT2D eigenvalue weighted by molar-refractivity contribution is 9.10. The number of piperidine rings is 1. The fraction of sp³-hybridized carbons (Fsp3) is 0.458. The van der Waals surface area contributed by atoms with E-state index in [1.54, 1.807) is 18.2 Å². The first-order valence-electron chi connectivity index (χ1n) is 11.1. The average Bonchev–Trinajstić information content (AvgIpc) is 3.24. The second kappa shape index (κ2) is 11.2. The van der Waals surface area contributed by atoms with Crippen molar-refractivity contribution in [3.63, 3.8) is 0 Å². The average molecular weight is 541 g/mol. The number of carbonyl (C=O) groups is 1. The number of hydrogen-bond donors (Lipinski definition) is 2. The van der Waals surface area contributed by atoms with Gasteiger partial charge in [0.15, 0.2) is 0 Å². The molecule has 0 bridgehead atoms. The monoisotopic (exact) mass is 539 g/mol. The van der Waals surface area contributed by atoms with Gasteiger partial charge in [0.05, 0.1) is 14.5 Å². The SMILES string of the molecule is O=C(N[C@H]1CCN(CCc2ccc(OC3CCNCC3)c(Br)c2)C1)c1ccc(Cl)c(Cl)c1. The van der Waals surface area contributed by atoms with E-state index < -0.39 is 0 Å². The molecule has 0 spiro atoms. The van der Waals surface area contributed by atoms with Crippen molar-refractivity contribution < 1.29 is 9.53 Å². The largest absolute Gasteiger partial charge is 0.489 e. The molecule has 0 aromatic heterocycles. The zero-order valence-electron chi connectivity index (χ0n) is 17.9. The third kappa shape index (κ3) is 6.39. The van der Waals surface area contributed by atoms with Crippen LogP contribution in [0.5, 0.6) is 5.75 Å². The predicted molar refractivity (Wildman–Crippen MR) is 133 cm³/mol. The molecule has 2 saturated heterocycles. The Labute approximate surface area is 207 Å². The molecule has 2 N–H and O–H groups in total. The number of ether oxygens (including phenoxy) is 1. The number of amides is 1. The quantitative estimate of drug-likeness (QED) is 0.522. The Morgan fingerprint density at radius 2 is 1.94 bits per heavy atom. The van der Waals surface area contributed by atoms with Gasteiger partial charge in [-0.05, 0) is 90.6 Å². The van der Waals surface area contributed by atoms with Gasteiger partial charge in [-0.1, -0.05) is 29.3 Å². The summed E-state index contributed by atoms with van der Waals surface area (Å²) in [5.41, 5.74) is 1.81. The van der Waals surface area contributed by atoms with Crippen molar-refractivity contribution in [3.05, 3.63) is 62.0 Å². The van der Waals surface area contributed by atoms with Crippen LogP contribution in [-0.2, 0) is 6.42 Å². The fourth-order valence-electron chi connectivity index (χ4n) is 4.24. The minimum absolute atomic E-state index is 0.108. The number of likely N-dealkylation sites (tertiary alicyclic amines) is 1. The van der Waals surface area contributed by atoms with Gasteiger partial charge in [0.25, 0.3) is 5.91 Å². The lowest BCUT2D eigenvalue weighted by molar-refractivity contribution is 0.0938. The predicted octanol–water partition coefficient (Wildman–Crippen LogP) is 4.93. The molecule has 1 amide bonds. The molecule has 0 radical (unpaired) electrons. The van der Waals surface area contributed by atoms with Crippen LogP contribution in [0.4, 0.5) is 0 Å². The lowest BCUT2D eigenvalue weighted by Crippen LogP contribution is -2.37. The highest BCUT2D eigenvalue weighted by atomic mass is 79.9. The van der Waals surface area contributed by atoms with Crippen molar-refractivity contribution in [2.24, 2.45) is 0 Å². The molecule has 2 aromatic rings. The van der Waals surface area contributed by atoms with Crippen molar-refractivity contribution in [2.45, 2.75) is 37.8 Å². The first-order valence-corrected chi connectivity index (χ1v) is 12.7. The van der Waals surface area contributed by atoms with Crippen molar-refractivity contribution >= 4 is 45.0 Å². The van der Waals surface area contributed by atoms with Gasteiger partial charge in [-0.3, -0.25) is 4.79 Å². The second-order valence-electron chi connectivity index (χ2n) is 8.47. The number of hydrogen-bond acceptors (Lipinski definition) is 4. The van der Waals surface area contributed by atoms with Crippen LogP contribution in [0.25, 0.3) is 0 Å². The van der Waals surface area contributed by atoms with Crippen LogP contribution in [0.15, 0.2) is 40.9 Å². The molecule has 0 unspecified atom stereocenters. The molecule has 172 valence electrons. The number of nitrogens with zero attached hydrogens (tertiary/aromatic N) is 1. The van der Waals surface area contributed by atoms with Crippen LogP contribution in [-0.4, -0.2) is 55.7 Å². The van der Waals surface area contributed by atoms with Crippen LogP contribution < -0.4 is 15.4 Å². The summed E-state index contributed by atoms with van der Waals surface area (Å²) in [7, 11) is 0. The van der Waals surface area contributed by atoms with E-state index in [1.165, 1.54) is 5.56 Å². The summed E-state index contributed by atoms with van der Waals surface area (Å²) in [5.74, 6) is 0.815. The molecule has 32 heavy (non-hydrogen) atoms. The molecule has 0 saturated carbocycles. The molecule has 5 nitrogen and oxygen atoms in total. The van der Waals surface area contributed by atoms with Gasteiger partial charge in [-0.15, -0.1) is 0 Å². The van der Waals surface area contributed by atoms with E-state index in [1.807, 2.05) is 0 Å². The van der Waals surface area contributed by atoms with E-state index in [2.05, 4.69) is 49.7 Å². The standard InChI is InChI=1S/C24H28BrCl2N3O2/c25-20-13-16(1-4-23(20)32-19-5-9-28-10-6-19)7-11-30-12-8-18(15-30)29-24(31)17-2-3-21(26)22(27)14-17/h1-4,13-14,18-19,28H,5-12,15H2,(H,29,31)/t18-/m0/s1. The third-order valence-electron chi connectivity index (χ3n) is 6.08. The first kappa shape index (κ1) is 23.8. The van der Waals surface area contributed by atoms with Gasteiger partial charge in [-0.2, -0.15) is 0 Å². The van der Waals surface area contributed by atoms with Crippen molar-refractivity contribution in [2.75, 3.05) is 32.7 Å². The summed E-state index contributed by atoms with van der Waals surface area (Å²) in [5, 5.41) is 7.32. The Morgan fingerprint density at radius 1 is 1.12 bits per heavy atom. The maximum Gasteiger partial charge on any atom is 0.251 e. The van der Waals surface area contributed by atoms with Gasteiger partial charge >= 0.3 is 0 Å². The van der Waals surface area contributed by atoms with Gasteiger partial charge < -0.3 is 20.3 Å². The molecule has 2 aliphatic heterocycles.